The molecule has 0 aromatic rings. The van der Waals surface area contributed by atoms with Gasteiger partial charge in [-0.3, -0.25) is 0 Å². The molecular formula is C10H15FN2. The first kappa shape index (κ1) is 8.96. The summed E-state index contributed by atoms with van der Waals surface area (Å²) in [7, 11) is 0. The average Bonchev–Trinajstić information content (AvgIpc) is 2.69. The van der Waals surface area contributed by atoms with Crippen LogP contribution >= 0.6 is 0 Å². The fourth-order valence-corrected chi connectivity index (χ4v) is 1.92. The highest BCUT2D eigenvalue weighted by Crippen LogP contribution is 2.39. The Labute approximate surface area is 78.1 Å². The lowest BCUT2D eigenvalue weighted by molar-refractivity contribution is 0.283. The first-order chi connectivity index (χ1) is 6.22. The van der Waals surface area contributed by atoms with Crippen LogP contribution in [0.4, 0.5) is 4.39 Å². The zero-order valence-corrected chi connectivity index (χ0v) is 7.72. The van der Waals surface area contributed by atoms with Gasteiger partial charge in [0.05, 0.1) is 6.07 Å². The number of nitriles is 1. The van der Waals surface area contributed by atoms with Gasteiger partial charge in [0, 0.05) is 18.5 Å². The number of hydrogen-bond acceptors (Lipinski definition) is 2. The van der Waals surface area contributed by atoms with E-state index >= 15 is 0 Å². The van der Waals surface area contributed by atoms with Crippen molar-refractivity contribution in [2.45, 2.75) is 43.8 Å². The minimum absolute atomic E-state index is 0.201. The molecule has 13 heavy (non-hydrogen) atoms. The molecule has 2 aliphatic carbocycles. The topological polar surface area (TPSA) is 35.8 Å². The molecule has 2 nitrogen and oxygen atoms in total. The van der Waals surface area contributed by atoms with E-state index in [-0.39, 0.29) is 5.92 Å². The lowest BCUT2D eigenvalue weighted by Crippen LogP contribution is -2.33. The minimum Gasteiger partial charge on any atom is -0.311 e. The largest absolute Gasteiger partial charge is 0.311 e. The van der Waals surface area contributed by atoms with E-state index in [1.54, 1.807) is 0 Å². The van der Waals surface area contributed by atoms with Crippen molar-refractivity contribution in [3.8, 4) is 6.07 Å². The molecule has 0 radical (unpaired) electrons. The number of alkyl halides is 1. The lowest BCUT2D eigenvalue weighted by Gasteiger charge is -2.13. The summed E-state index contributed by atoms with van der Waals surface area (Å²) >= 11 is 0. The molecule has 2 saturated carbocycles. The molecule has 0 heterocycles. The van der Waals surface area contributed by atoms with Crippen molar-refractivity contribution in [1.29, 1.82) is 5.26 Å². The summed E-state index contributed by atoms with van der Waals surface area (Å²) in [6.07, 6.45) is 4.36. The molecule has 2 unspecified atom stereocenters. The van der Waals surface area contributed by atoms with E-state index in [0.29, 0.717) is 25.4 Å². The number of rotatable bonds is 3. The van der Waals surface area contributed by atoms with E-state index < -0.39 is 5.67 Å². The summed E-state index contributed by atoms with van der Waals surface area (Å²) in [6, 6.07) is 2.66. The normalized spacial score (nSPS) is 35.7. The molecule has 72 valence electrons. The summed E-state index contributed by atoms with van der Waals surface area (Å²) in [5.41, 5.74) is -0.898. The van der Waals surface area contributed by atoms with Gasteiger partial charge >= 0.3 is 0 Å². The summed E-state index contributed by atoms with van der Waals surface area (Å²) < 4.78 is 13.2. The summed E-state index contributed by atoms with van der Waals surface area (Å²) in [5.74, 6) is 0.201. The molecule has 3 heteroatoms. The predicted molar refractivity (Wildman–Crippen MR) is 47.8 cm³/mol. The summed E-state index contributed by atoms with van der Waals surface area (Å²) in [5, 5.41) is 11.9. The Hall–Kier alpha value is -0.620. The number of nitrogens with one attached hydrogen (secondary N) is 1. The van der Waals surface area contributed by atoms with Crippen LogP contribution in [0.25, 0.3) is 0 Å². The Morgan fingerprint density at radius 1 is 1.46 bits per heavy atom. The van der Waals surface area contributed by atoms with Gasteiger partial charge in [-0.15, -0.1) is 0 Å². The molecule has 0 aromatic heterocycles. The number of nitrogens with zero attached hydrogens (tertiary/aromatic N) is 1. The zero-order valence-electron chi connectivity index (χ0n) is 7.72. The van der Waals surface area contributed by atoms with E-state index in [1.807, 2.05) is 0 Å². The van der Waals surface area contributed by atoms with Crippen LogP contribution in [-0.2, 0) is 0 Å². The second-order valence-electron chi connectivity index (χ2n) is 4.37. The zero-order chi connectivity index (χ0) is 9.31. The van der Waals surface area contributed by atoms with Gasteiger partial charge in [0.15, 0.2) is 0 Å². The van der Waals surface area contributed by atoms with Crippen molar-refractivity contribution in [2.24, 2.45) is 5.92 Å². The molecule has 2 atom stereocenters. The SMILES string of the molecule is N#CC1CCC(NCC2(F)CC2)C1. The van der Waals surface area contributed by atoms with Gasteiger partial charge in [-0.25, -0.2) is 4.39 Å². The second-order valence-corrected chi connectivity index (χ2v) is 4.37. The molecule has 0 bridgehead atoms. The second kappa shape index (κ2) is 3.26. The van der Waals surface area contributed by atoms with Gasteiger partial charge in [-0.05, 0) is 32.1 Å². The summed E-state index contributed by atoms with van der Waals surface area (Å²) in [4.78, 5) is 0. The van der Waals surface area contributed by atoms with E-state index in [0.717, 1.165) is 19.3 Å². The molecule has 0 saturated heterocycles. The third kappa shape index (κ3) is 2.19. The molecule has 0 aliphatic heterocycles. The van der Waals surface area contributed by atoms with E-state index in [9.17, 15) is 4.39 Å². The van der Waals surface area contributed by atoms with Gasteiger partial charge in [0.1, 0.15) is 5.67 Å². The smallest absolute Gasteiger partial charge is 0.123 e. The van der Waals surface area contributed by atoms with Gasteiger partial charge < -0.3 is 5.32 Å². The van der Waals surface area contributed by atoms with Crippen LogP contribution in [-0.4, -0.2) is 18.3 Å². The fourth-order valence-electron chi connectivity index (χ4n) is 1.92. The highest BCUT2D eigenvalue weighted by atomic mass is 19.1. The monoisotopic (exact) mass is 182 g/mol. The lowest BCUT2D eigenvalue weighted by atomic mass is 10.1. The Morgan fingerprint density at radius 3 is 2.77 bits per heavy atom. The highest BCUT2D eigenvalue weighted by Gasteiger charge is 2.43. The van der Waals surface area contributed by atoms with Crippen molar-refractivity contribution in [3.63, 3.8) is 0 Å². The first-order valence-corrected chi connectivity index (χ1v) is 5.04. The van der Waals surface area contributed by atoms with E-state index in [1.165, 1.54) is 0 Å². The van der Waals surface area contributed by atoms with Crippen molar-refractivity contribution in [1.82, 2.24) is 5.32 Å². The van der Waals surface area contributed by atoms with Crippen molar-refractivity contribution in [2.75, 3.05) is 6.54 Å². The fraction of sp³-hybridized carbons (Fsp3) is 0.900. The molecule has 0 spiro atoms. The van der Waals surface area contributed by atoms with Gasteiger partial charge in [-0.1, -0.05) is 0 Å². The van der Waals surface area contributed by atoms with Gasteiger partial charge in [0.25, 0.3) is 0 Å². The van der Waals surface area contributed by atoms with Crippen molar-refractivity contribution < 1.29 is 4.39 Å². The van der Waals surface area contributed by atoms with Crippen molar-refractivity contribution in [3.05, 3.63) is 0 Å². The van der Waals surface area contributed by atoms with Crippen LogP contribution in [0, 0.1) is 17.2 Å². The third-order valence-corrected chi connectivity index (χ3v) is 3.12. The van der Waals surface area contributed by atoms with Crippen LogP contribution in [0.3, 0.4) is 0 Å². The Kier molecular flexibility index (Phi) is 2.25. The molecule has 2 fully saturated rings. The maximum Gasteiger partial charge on any atom is 0.123 e. The standard InChI is InChI=1S/C10H15FN2/c11-10(3-4-10)7-13-9-2-1-8(5-9)6-12/h8-9,13H,1-5,7H2. The Balaban J connectivity index is 1.69. The Bertz CT molecular complexity index is 230. The van der Waals surface area contributed by atoms with Gasteiger partial charge in [-0.2, -0.15) is 5.26 Å². The molecule has 2 rings (SSSR count). The van der Waals surface area contributed by atoms with Crippen LogP contribution in [0.5, 0.6) is 0 Å². The Morgan fingerprint density at radius 2 is 2.23 bits per heavy atom. The third-order valence-electron chi connectivity index (χ3n) is 3.12. The molecule has 0 aromatic carbocycles. The maximum absolute atomic E-state index is 13.2. The minimum atomic E-state index is -0.898. The number of hydrogen-bond donors (Lipinski definition) is 1. The van der Waals surface area contributed by atoms with Crippen LogP contribution in [0.2, 0.25) is 0 Å². The molecule has 2 aliphatic rings. The predicted octanol–water partition coefficient (Wildman–Crippen LogP) is 1.77. The maximum atomic E-state index is 13.2. The molecular weight excluding hydrogens is 167 g/mol. The van der Waals surface area contributed by atoms with Crippen LogP contribution in [0.15, 0.2) is 0 Å². The van der Waals surface area contributed by atoms with Crippen LogP contribution < -0.4 is 5.32 Å². The van der Waals surface area contributed by atoms with Crippen LogP contribution in [0.1, 0.15) is 32.1 Å². The van der Waals surface area contributed by atoms with Gasteiger partial charge in [0.2, 0.25) is 0 Å². The van der Waals surface area contributed by atoms with E-state index in [4.69, 9.17) is 5.26 Å². The highest BCUT2D eigenvalue weighted by molar-refractivity contribution is 4.99. The van der Waals surface area contributed by atoms with E-state index in [2.05, 4.69) is 11.4 Å². The average molecular weight is 182 g/mol. The molecule has 0 amide bonds. The van der Waals surface area contributed by atoms with Crippen molar-refractivity contribution >= 4 is 0 Å². The quantitative estimate of drug-likeness (QED) is 0.722. The summed E-state index contributed by atoms with van der Waals surface area (Å²) in [6.45, 7) is 0.496. The molecule has 1 N–H and O–H groups in total. The first-order valence-electron chi connectivity index (χ1n) is 5.04. The number of halogens is 1.